The van der Waals surface area contributed by atoms with Gasteiger partial charge < -0.3 is 15.4 Å². The number of ether oxygens (including phenoxy) is 1. The van der Waals surface area contributed by atoms with Crippen LogP contribution in [0.4, 0.5) is 5.00 Å². The molecule has 0 amide bonds. The summed E-state index contributed by atoms with van der Waals surface area (Å²) in [4.78, 5) is 15.4. The summed E-state index contributed by atoms with van der Waals surface area (Å²) in [6.45, 7) is 5.42. The third-order valence-corrected chi connectivity index (χ3v) is 4.95. The molecule has 1 aromatic rings. The molecule has 0 aromatic carbocycles. The average Bonchev–Trinajstić information content (AvgIpc) is 2.71. The lowest BCUT2D eigenvalue weighted by atomic mass is 10.1. The van der Waals surface area contributed by atoms with E-state index in [0.29, 0.717) is 10.6 Å². The van der Waals surface area contributed by atoms with Crippen LogP contribution in [0.15, 0.2) is 0 Å². The number of methoxy groups -OCH3 is 1. The number of likely N-dealkylation sites (tertiary alicyclic amines) is 1. The van der Waals surface area contributed by atoms with Gasteiger partial charge in [0.25, 0.3) is 0 Å². The van der Waals surface area contributed by atoms with Crippen LogP contribution in [0.3, 0.4) is 0 Å². The van der Waals surface area contributed by atoms with Crippen LogP contribution < -0.4 is 5.73 Å². The molecular weight excluding hydrogens is 260 g/mol. The number of nitrogen functional groups attached to an aromatic ring is 1. The topological polar surface area (TPSA) is 55.6 Å². The van der Waals surface area contributed by atoms with Crippen molar-refractivity contribution in [2.24, 2.45) is 0 Å². The fourth-order valence-corrected chi connectivity index (χ4v) is 3.67. The highest BCUT2D eigenvalue weighted by atomic mass is 32.1. The van der Waals surface area contributed by atoms with Gasteiger partial charge >= 0.3 is 5.97 Å². The standard InChI is InChI=1S/C14H22N2O2S/c1-10-11(6-9-16-7-4-3-5-8-16)19-13(15)12(10)14(17)18-2/h3-9,15H2,1-2H3. The van der Waals surface area contributed by atoms with Crippen LogP contribution in [0.1, 0.15) is 40.1 Å². The quantitative estimate of drug-likeness (QED) is 0.862. The summed E-state index contributed by atoms with van der Waals surface area (Å²) in [5.41, 5.74) is 7.48. The molecule has 0 spiro atoms. The number of carbonyl (C=O) groups is 1. The zero-order chi connectivity index (χ0) is 13.8. The van der Waals surface area contributed by atoms with Gasteiger partial charge in [-0.05, 0) is 44.8 Å². The third-order valence-electron chi connectivity index (χ3n) is 3.77. The highest BCUT2D eigenvalue weighted by Crippen LogP contribution is 2.31. The number of esters is 1. The van der Waals surface area contributed by atoms with Crippen molar-refractivity contribution in [3.05, 3.63) is 16.0 Å². The largest absolute Gasteiger partial charge is 0.465 e. The van der Waals surface area contributed by atoms with E-state index in [1.54, 1.807) is 0 Å². The fourth-order valence-electron chi connectivity index (χ4n) is 2.62. The van der Waals surface area contributed by atoms with Gasteiger partial charge in [0.2, 0.25) is 0 Å². The molecule has 0 atom stereocenters. The van der Waals surface area contributed by atoms with Crippen LogP contribution in [-0.4, -0.2) is 37.6 Å². The number of carbonyl (C=O) groups excluding carboxylic acids is 1. The zero-order valence-corrected chi connectivity index (χ0v) is 12.5. The van der Waals surface area contributed by atoms with E-state index in [1.807, 2.05) is 6.92 Å². The zero-order valence-electron chi connectivity index (χ0n) is 11.7. The number of hydrogen-bond donors (Lipinski definition) is 1. The minimum absolute atomic E-state index is 0.324. The maximum atomic E-state index is 11.7. The van der Waals surface area contributed by atoms with E-state index in [1.165, 1.54) is 55.7 Å². The van der Waals surface area contributed by atoms with Crippen LogP contribution in [0.2, 0.25) is 0 Å². The van der Waals surface area contributed by atoms with E-state index in [4.69, 9.17) is 10.5 Å². The number of piperidine rings is 1. The van der Waals surface area contributed by atoms with Crippen molar-refractivity contribution >= 4 is 22.3 Å². The molecule has 0 saturated carbocycles. The highest BCUT2D eigenvalue weighted by molar-refractivity contribution is 7.16. The molecule has 0 bridgehead atoms. The molecule has 0 radical (unpaired) electrons. The number of rotatable bonds is 4. The second kappa shape index (κ2) is 6.39. The Morgan fingerprint density at radius 3 is 2.68 bits per heavy atom. The Kier molecular flexibility index (Phi) is 4.82. The molecule has 0 aliphatic carbocycles. The molecule has 106 valence electrons. The number of hydrogen-bond acceptors (Lipinski definition) is 5. The Balaban J connectivity index is 2.02. The minimum atomic E-state index is -0.324. The molecule has 2 rings (SSSR count). The third kappa shape index (κ3) is 3.28. The van der Waals surface area contributed by atoms with Crippen molar-refractivity contribution in [2.45, 2.75) is 32.6 Å². The molecule has 1 saturated heterocycles. The number of nitrogens with zero attached hydrogens (tertiary/aromatic N) is 1. The van der Waals surface area contributed by atoms with Crippen molar-refractivity contribution in [1.82, 2.24) is 4.90 Å². The summed E-state index contributed by atoms with van der Waals surface area (Å²) >= 11 is 1.52. The van der Waals surface area contributed by atoms with Gasteiger partial charge in [0, 0.05) is 11.4 Å². The SMILES string of the molecule is COC(=O)c1c(N)sc(CCN2CCCCC2)c1C. The maximum absolute atomic E-state index is 11.7. The van der Waals surface area contributed by atoms with E-state index in [0.717, 1.165) is 18.5 Å². The van der Waals surface area contributed by atoms with Crippen LogP contribution in [0, 0.1) is 6.92 Å². The van der Waals surface area contributed by atoms with Crippen LogP contribution >= 0.6 is 11.3 Å². The molecule has 1 aliphatic heterocycles. The summed E-state index contributed by atoms with van der Waals surface area (Å²) in [6.07, 6.45) is 4.93. The predicted molar refractivity (Wildman–Crippen MR) is 78.8 cm³/mol. The van der Waals surface area contributed by atoms with Crippen LogP contribution in [-0.2, 0) is 11.2 Å². The lowest BCUT2D eigenvalue weighted by Gasteiger charge is -2.26. The molecular formula is C14H22N2O2S. The van der Waals surface area contributed by atoms with Crippen molar-refractivity contribution in [1.29, 1.82) is 0 Å². The minimum Gasteiger partial charge on any atom is -0.465 e. The van der Waals surface area contributed by atoms with E-state index in [-0.39, 0.29) is 5.97 Å². The van der Waals surface area contributed by atoms with Gasteiger partial charge in [0.05, 0.1) is 12.7 Å². The summed E-state index contributed by atoms with van der Waals surface area (Å²) < 4.78 is 4.78. The van der Waals surface area contributed by atoms with Crippen molar-refractivity contribution in [3.8, 4) is 0 Å². The molecule has 1 aliphatic rings. The van der Waals surface area contributed by atoms with Crippen molar-refractivity contribution in [2.75, 3.05) is 32.5 Å². The molecule has 19 heavy (non-hydrogen) atoms. The number of thiophene rings is 1. The Morgan fingerprint density at radius 1 is 1.37 bits per heavy atom. The number of anilines is 1. The summed E-state index contributed by atoms with van der Waals surface area (Å²) in [6, 6.07) is 0. The first-order valence-electron chi connectivity index (χ1n) is 6.82. The van der Waals surface area contributed by atoms with Gasteiger partial charge in [-0.1, -0.05) is 6.42 Å². The molecule has 2 N–H and O–H groups in total. The first kappa shape index (κ1) is 14.3. The molecule has 1 fully saturated rings. The second-order valence-corrected chi connectivity index (χ2v) is 6.17. The molecule has 1 aromatic heterocycles. The summed E-state index contributed by atoms with van der Waals surface area (Å²) in [5.74, 6) is -0.324. The Morgan fingerprint density at radius 2 is 2.05 bits per heavy atom. The van der Waals surface area contributed by atoms with Gasteiger partial charge in [0.1, 0.15) is 5.00 Å². The molecule has 0 unspecified atom stereocenters. The average molecular weight is 282 g/mol. The molecule has 2 heterocycles. The van der Waals surface area contributed by atoms with Crippen molar-refractivity contribution in [3.63, 3.8) is 0 Å². The van der Waals surface area contributed by atoms with Gasteiger partial charge in [-0.15, -0.1) is 11.3 Å². The Bertz CT molecular complexity index is 451. The van der Waals surface area contributed by atoms with Gasteiger partial charge in [-0.25, -0.2) is 4.79 Å². The second-order valence-electron chi connectivity index (χ2n) is 5.03. The first-order valence-corrected chi connectivity index (χ1v) is 7.63. The van der Waals surface area contributed by atoms with E-state index >= 15 is 0 Å². The lowest BCUT2D eigenvalue weighted by Crippen LogP contribution is -2.31. The molecule has 5 heteroatoms. The van der Waals surface area contributed by atoms with Crippen molar-refractivity contribution < 1.29 is 9.53 Å². The first-order chi connectivity index (χ1) is 9.13. The van der Waals surface area contributed by atoms with E-state index < -0.39 is 0 Å². The monoisotopic (exact) mass is 282 g/mol. The predicted octanol–water partition coefficient (Wildman–Crippen LogP) is 2.45. The Labute approximate surface area is 118 Å². The smallest absolute Gasteiger partial charge is 0.341 e. The maximum Gasteiger partial charge on any atom is 0.341 e. The van der Waals surface area contributed by atoms with E-state index in [9.17, 15) is 4.79 Å². The van der Waals surface area contributed by atoms with Crippen LogP contribution in [0.5, 0.6) is 0 Å². The van der Waals surface area contributed by atoms with Gasteiger partial charge in [-0.2, -0.15) is 0 Å². The van der Waals surface area contributed by atoms with Gasteiger partial charge in [-0.3, -0.25) is 0 Å². The summed E-state index contributed by atoms with van der Waals surface area (Å²) in [5, 5.41) is 0.581. The normalized spacial score (nSPS) is 16.5. The number of nitrogens with two attached hydrogens (primary N) is 1. The highest BCUT2D eigenvalue weighted by Gasteiger charge is 2.20. The fraction of sp³-hybridized carbons (Fsp3) is 0.643. The summed E-state index contributed by atoms with van der Waals surface area (Å²) in [7, 11) is 1.40. The van der Waals surface area contributed by atoms with E-state index in [2.05, 4.69) is 4.90 Å². The van der Waals surface area contributed by atoms with Gasteiger partial charge in [0.15, 0.2) is 0 Å². The Hall–Kier alpha value is -1.07. The van der Waals surface area contributed by atoms with Crippen LogP contribution in [0.25, 0.3) is 0 Å². The lowest BCUT2D eigenvalue weighted by molar-refractivity contribution is 0.0601. The molecule has 4 nitrogen and oxygen atoms in total.